The SMILES string of the molecule is COc1ccccc1N1CCN(C(=O)CCn2c(C)csc2=O)CC1. The fourth-order valence-corrected chi connectivity index (χ4v) is 3.89. The third kappa shape index (κ3) is 3.87. The van der Waals surface area contributed by atoms with Gasteiger partial charge in [0.2, 0.25) is 5.91 Å². The lowest BCUT2D eigenvalue weighted by Gasteiger charge is -2.36. The summed E-state index contributed by atoms with van der Waals surface area (Å²) in [5.41, 5.74) is 1.99. The standard InChI is InChI=1S/C18H23N3O3S/c1-14-13-25-18(23)21(14)8-7-17(22)20-11-9-19(10-12-20)15-5-3-4-6-16(15)24-2/h3-6,13H,7-12H2,1-2H3. The number of amides is 1. The molecule has 1 aliphatic rings. The maximum Gasteiger partial charge on any atom is 0.307 e. The van der Waals surface area contributed by atoms with E-state index in [0.29, 0.717) is 26.1 Å². The largest absolute Gasteiger partial charge is 0.495 e. The first-order valence-corrected chi connectivity index (χ1v) is 9.29. The van der Waals surface area contributed by atoms with E-state index in [2.05, 4.69) is 4.90 Å². The molecule has 2 heterocycles. The van der Waals surface area contributed by atoms with Crippen molar-refractivity contribution in [3.8, 4) is 5.75 Å². The number of rotatable bonds is 5. The molecule has 0 saturated carbocycles. The quantitative estimate of drug-likeness (QED) is 0.817. The van der Waals surface area contributed by atoms with Crippen LogP contribution in [0.2, 0.25) is 0 Å². The molecular weight excluding hydrogens is 338 g/mol. The summed E-state index contributed by atoms with van der Waals surface area (Å²) in [6.45, 7) is 5.30. The number of piperazine rings is 1. The van der Waals surface area contributed by atoms with Gasteiger partial charge in [-0.25, -0.2) is 0 Å². The molecular formula is C18H23N3O3S. The molecule has 0 spiro atoms. The van der Waals surface area contributed by atoms with E-state index in [1.54, 1.807) is 11.7 Å². The molecule has 7 heteroatoms. The van der Waals surface area contributed by atoms with Gasteiger partial charge in [0.15, 0.2) is 0 Å². The van der Waals surface area contributed by atoms with E-state index in [0.717, 1.165) is 30.2 Å². The zero-order valence-electron chi connectivity index (χ0n) is 14.6. The van der Waals surface area contributed by atoms with Gasteiger partial charge in [-0.1, -0.05) is 23.5 Å². The first kappa shape index (κ1) is 17.5. The second kappa shape index (κ2) is 7.74. The Morgan fingerprint density at radius 3 is 2.56 bits per heavy atom. The van der Waals surface area contributed by atoms with E-state index in [4.69, 9.17) is 4.74 Å². The number of aryl methyl sites for hydroxylation is 1. The normalized spacial score (nSPS) is 14.6. The van der Waals surface area contributed by atoms with Gasteiger partial charge >= 0.3 is 4.87 Å². The molecule has 0 unspecified atom stereocenters. The predicted octanol–water partition coefficient (Wildman–Crippen LogP) is 1.97. The van der Waals surface area contributed by atoms with Crippen LogP contribution in [0.15, 0.2) is 34.4 Å². The molecule has 1 amide bonds. The van der Waals surface area contributed by atoms with Crippen LogP contribution in [0.25, 0.3) is 0 Å². The molecule has 1 fully saturated rings. The van der Waals surface area contributed by atoms with Crippen LogP contribution in [0.4, 0.5) is 5.69 Å². The van der Waals surface area contributed by atoms with Gasteiger partial charge in [-0.15, -0.1) is 0 Å². The summed E-state index contributed by atoms with van der Waals surface area (Å²) < 4.78 is 7.10. The fourth-order valence-electron chi connectivity index (χ4n) is 3.13. The Morgan fingerprint density at radius 1 is 1.20 bits per heavy atom. The number of thiazole rings is 1. The van der Waals surface area contributed by atoms with E-state index in [1.165, 1.54) is 11.3 Å². The second-order valence-electron chi connectivity index (χ2n) is 6.08. The summed E-state index contributed by atoms with van der Waals surface area (Å²) >= 11 is 1.18. The van der Waals surface area contributed by atoms with Crippen LogP contribution in [0.5, 0.6) is 5.75 Å². The number of carbonyl (C=O) groups excluding carboxylic acids is 1. The summed E-state index contributed by atoms with van der Waals surface area (Å²) in [5, 5.41) is 1.83. The number of hydrogen-bond donors (Lipinski definition) is 0. The lowest BCUT2D eigenvalue weighted by atomic mass is 10.2. The first-order valence-electron chi connectivity index (χ1n) is 8.41. The molecule has 134 valence electrons. The minimum absolute atomic E-state index is 0.00583. The number of hydrogen-bond acceptors (Lipinski definition) is 5. The maximum atomic E-state index is 12.5. The monoisotopic (exact) mass is 361 g/mol. The van der Waals surface area contributed by atoms with Crippen molar-refractivity contribution in [1.29, 1.82) is 0 Å². The highest BCUT2D eigenvalue weighted by Crippen LogP contribution is 2.28. The van der Waals surface area contributed by atoms with Crippen LogP contribution in [0, 0.1) is 6.92 Å². The van der Waals surface area contributed by atoms with E-state index in [1.807, 2.05) is 41.5 Å². The lowest BCUT2D eigenvalue weighted by molar-refractivity contribution is -0.131. The van der Waals surface area contributed by atoms with Crippen molar-refractivity contribution in [2.24, 2.45) is 0 Å². The van der Waals surface area contributed by atoms with Crippen LogP contribution in [0.1, 0.15) is 12.1 Å². The number of carbonyl (C=O) groups is 1. The first-order chi connectivity index (χ1) is 12.1. The molecule has 3 rings (SSSR count). The number of ether oxygens (including phenoxy) is 1. The lowest BCUT2D eigenvalue weighted by Crippen LogP contribution is -2.49. The van der Waals surface area contributed by atoms with Crippen molar-refractivity contribution in [3.63, 3.8) is 0 Å². The molecule has 0 atom stereocenters. The zero-order valence-corrected chi connectivity index (χ0v) is 15.4. The van der Waals surface area contributed by atoms with Crippen LogP contribution in [-0.4, -0.2) is 48.7 Å². The molecule has 1 aromatic heterocycles. The summed E-state index contributed by atoms with van der Waals surface area (Å²) in [5.74, 6) is 0.965. The number of methoxy groups -OCH3 is 1. The Bertz CT molecular complexity index is 791. The Balaban J connectivity index is 1.55. The van der Waals surface area contributed by atoms with E-state index in [-0.39, 0.29) is 10.8 Å². The smallest absolute Gasteiger partial charge is 0.307 e. The van der Waals surface area contributed by atoms with Crippen LogP contribution in [0.3, 0.4) is 0 Å². The van der Waals surface area contributed by atoms with Gasteiger partial charge in [-0.3, -0.25) is 9.59 Å². The van der Waals surface area contributed by atoms with Gasteiger partial charge in [-0.05, 0) is 19.1 Å². The number of nitrogens with zero attached hydrogens (tertiary/aromatic N) is 3. The number of anilines is 1. The molecule has 1 aromatic carbocycles. The maximum absolute atomic E-state index is 12.5. The van der Waals surface area contributed by atoms with E-state index >= 15 is 0 Å². The zero-order chi connectivity index (χ0) is 17.8. The minimum atomic E-state index is 0.00583. The summed E-state index contributed by atoms with van der Waals surface area (Å²) in [6, 6.07) is 7.95. The Hall–Kier alpha value is -2.28. The Kier molecular flexibility index (Phi) is 5.43. The third-order valence-electron chi connectivity index (χ3n) is 4.58. The number of aromatic nitrogens is 1. The summed E-state index contributed by atoms with van der Waals surface area (Å²) in [6.07, 6.45) is 0.367. The third-order valence-corrected chi connectivity index (χ3v) is 5.46. The summed E-state index contributed by atoms with van der Waals surface area (Å²) in [4.78, 5) is 28.3. The highest BCUT2D eigenvalue weighted by Gasteiger charge is 2.22. The van der Waals surface area contributed by atoms with Crippen molar-refractivity contribution in [3.05, 3.63) is 45.0 Å². The number of benzene rings is 1. The van der Waals surface area contributed by atoms with Gasteiger partial charge in [0.25, 0.3) is 0 Å². The highest BCUT2D eigenvalue weighted by molar-refractivity contribution is 7.07. The average molecular weight is 361 g/mol. The molecule has 0 N–H and O–H groups in total. The molecule has 0 aliphatic carbocycles. The molecule has 2 aromatic rings. The molecule has 0 radical (unpaired) electrons. The van der Waals surface area contributed by atoms with Crippen molar-refractivity contribution < 1.29 is 9.53 Å². The fraction of sp³-hybridized carbons (Fsp3) is 0.444. The van der Waals surface area contributed by atoms with Crippen molar-refractivity contribution in [2.45, 2.75) is 19.9 Å². The highest BCUT2D eigenvalue weighted by atomic mass is 32.1. The van der Waals surface area contributed by atoms with Crippen molar-refractivity contribution >= 4 is 22.9 Å². The molecule has 6 nitrogen and oxygen atoms in total. The predicted molar refractivity (Wildman–Crippen MR) is 99.7 cm³/mol. The van der Waals surface area contributed by atoms with Crippen molar-refractivity contribution in [1.82, 2.24) is 9.47 Å². The molecule has 25 heavy (non-hydrogen) atoms. The molecule has 1 saturated heterocycles. The van der Waals surface area contributed by atoms with Crippen LogP contribution >= 0.6 is 11.3 Å². The summed E-state index contributed by atoms with van der Waals surface area (Å²) in [7, 11) is 1.67. The van der Waals surface area contributed by atoms with Crippen LogP contribution < -0.4 is 14.5 Å². The van der Waals surface area contributed by atoms with Crippen LogP contribution in [-0.2, 0) is 11.3 Å². The Labute approximate surface area is 151 Å². The minimum Gasteiger partial charge on any atom is -0.495 e. The van der Waals surface area contributed by atoms with Gasteiger partial charge in [0.1, 0.15) is 5.75 Å². The number of para-hydroxylation sites is 2. The van der Waals surface area contributed by atoms with Gasteiger partial charge in [-0.2, -0.15) is 0 Å². The van der Waals surface area contributed by atoms with Crippen molar-refractivity contribution in [2.75, 3.05) is 38.2 Å². The topological polar surface area (TPSA) is 54.8 Å². The van der Waals surface area contributed by atoms with E-state index in [9.17, 15) is 9.59 Å². The second-order valence-corrected chi connectivity index (χ2v) is 6.90. The molecule has 0 bridgehead atoms. The van der Waals surface area contributed by atoms with E-state index < -0.39 is 0 Å². The van der Waals surface area contributed by atoms with Gasteiger partial charge in [0, 0.05) is 50.2 Å². The van der Waals surface area contributed by atoms with Gasteiger partial charge in [0.05, 0.1) is 12.8 Å². The molecule has 1 aliphatic heterocycles. The van der Waals surface area contributed by atoms with Gasteiger partial charge < -0.3 is 19.1 Å². The Morgan fingerprint density at radius 2 is 1.92 bits per heavy atom. The average Bonchev–Trinajstić information content (AvgIpc) is 2.97.